The van der Waals surface area contributed by atoms with Crippen LogP contribution in [-0.4, -0.2) is 71.0 Å². The highest BCUT2D eigenvalue weighted by Gasteiger charge is 2.69. The molecule has 2 aromatic rings. The van der Waals surface area contributed by atoms with E-state index in [-0.39, 0.29) is 18.6 Å². The van der Waals surface area contributed by atoms with Crippen LogP contribution in [0, 0.1) is 0 Å². The number of likely N-dealkylation sites (tertiary alicyclic amines) is 1. The van der Waals surface area contributed by atoms with Gasteiger partial charge in [-0.1, -0.05) is 0 Å². The van der Waals surface area contributed by atoms with Gasteiger partial charge in [0.2, 0.25) is 0 Å². The third kappa shape index (κ3) is 1.71. The second-order valence-corrected chi connectivity index (χ2v) is 6.12. The number of fused-ring (bicyclic) bond motifs is 3. The fourth-order valence-corrected chi connectivity index (χ4v) is 3.86. The summed E-state index contributed by atoms with van der Waals surface area (Å²) < 4.78 is 18.8. The third-order valence-corrected chi connectivity index (χ3v) is 4.90. The maximum absolute atomic E-state index is 12.7. The van der Waals surface area contributed by atoms with Crippen LogP contribution >= 0.6 is 0 Å². The number of imidazole rings is 1. The number of nitrogens with two attached hydrogens (primary N) is 1. The first-order valence-electron chi connectivity index (χ1n) is 7.59. The molecule has 1 amide bonds. The van der Waals surface area contributed by atoms with E-state index in [1.165, 1.54) is 7.11 Å². The SMILES string of the molecule is COC[C@@]12O[C@@H](n3cnc4c(N)ccnc43)[C@H](C1OC)N(C)C2=O. The van der Waals surface area contributed by atoms with Crippen molar-refractivity contribution in [2.45, 2.75) is 24.0 Å². The molecule has 4 atom stereocenters. The minimum atomic E-state index is -1.16. The van der Waals surface area contributed by atoms with Crippen molar-refractivity contribution >= 4 is 22.8 Å². The molecule has 0 aliphatic carbocycles. The number of carbonyl (C=O) groups is 1. The highest BCUT2D eigenvalue weighted by Crippen LogP contribution is 2.48. The van der Waals surface area contributed by atoms with Gasteiger partial charge in [0.05, 0.1) is 18.6 Å². The zero-order chi connectivity index (χ0) is 17.1. The lowest BCUT2D eigenvalue weighted by Crippen LogP contribution is -2.52. The summed E-state index contributed by atoms with van der Waals surface area (Å²) in [5, 5.41) is 0. The number of likely N-dealkylation sites (N-methyl/N-ethyl adjacent to an activating group) is 1. The number of nitrogens with zero attached hydrogens (tertiary/aromatic N) is 4. The summed E-state index contributed by atoms with van der Waals surface area (Å²) in [5.41, 5.74) is 6.55. The van der Waals surface area contributed by atoms with Gasteiger partial charge in [0.1, 0.15) is 17.7 Å². The largest absolute Gasteiger partial charge is 0.397 e. The molecule has 128 valence electrons. The van der Waals surface area contributed by atoms with Gasteiger partial charge in [-0.3, -0.25) is 9.36 Å². The first-order chi connectivity index (χ1) is 11.5. The van der Waals surface area contributed by atoms with Crippen LogP contribution < -0.4 is 5.73 Å². The Morgan fingerprint density at radius 2 is 2.21 bits per heavy atom. The van der Waals surface area contributed by atoms with Crippen molar-refractivity contribution in [3.8, 4) is 0 Å². The summed E-state index contributed by atoms with van der Waals surface area (Å²) in [6.07, 6.45) is 2.33. The van der Waals surface area contributed by atoms with E-state index in [9.17, 15) is 4.79 Å². The van der Waals surface area contributed by atoms with Crippen molar-refractivity contribution in [2.75, 3.05) is 33.6 Å². The average molecular weight is 333 g/mol. The van der Waals surface area contributed by atoms with Crippen molar-refractivity contribution in [1.82, 2.24) is 19.4 Å². The number of pyridine rings is 1. The van der Waals surface area contributed by atoms with Crippen LogP contribution in [0.5, 0.6) is 0 Å². The Labute approximate surface area is 138 Å². The maximum atomic E-state index is 12.7. The second-order valence-electron chi connectivity index (χ2n) is 6.12. The van der Waals surface area contributed by atoms with Crippen LogP contribution in [-0.2, 0) is 19.0 Å². The van der Waals surface area contributed by atoms with E-state index >= 15 is 0 Å². The van der Waals surface area contributed by atoms with Crippen molar-refractivity contribution in [3.05, 3.63) is 18.6 Å². The van der Waals surface area contributed by atoms with Gasteiger partial charge in [0.25, 0.3) is 5.91 Å². The number of hydrogen-bond acceptors (Lipinski definition) is 7. The molecule has 0 aromatic carbocycles. The predicted octanol–water partition coefficient (Wildman–Crippen LogP) is -0.217. The molecule has 2 saturated heterocycles. The molecule has 4 heterocycles. The molecular weight excluding hydrogens is 314 g/mol. The number of hydrogen-bond donors (Lipinski definition) is 1. The van der Waals surface area contributed by atoms with E-state index in [1.807, 2.05) is 0 Å². The lowest BCUT2D eigenvalue weighted by Gasteiger charge is -2.34. The Kier molecular flexibility index (Phi) is 3.27. The fourth-order valence-electron chi connectivity index (χ4n) is 3.86. The van der Waals surface area contributed by atoms with Crippen LogP contribution in [0.3, 0.4) is 0 Å². The van der Waals surface area contributed by atoms with Crippen LogP contribution in [0.15, 0.2) is 18.6 Å². The number of anilines is 1. The predicted molar refractivity (Wildman–Crippen MR) is 84.0 cm³/mol. The number of morpholine rings is 1. The summed E-state index contributed by atoms with van der Waals surface area (Å²) in [5.74, 6) is -0.144. The molecule has 9 nitrogen and oxygen atoms in total. The molecule has 0 saturated carbocycles. The second kappa shape index (κ2) is 5.13. The van der Waals surface area contributed by atoms with Gasteiger partial charge in [-0.15, -0.1) is 0 Å². The zero-order valence-electron chi connectivity index (χ0n) is 13.7. The number of nitrogen functional groups attached to an aromatic ring is 1. The van der Waals surface area contributed by atoms with Gasteiger partial charge in [-0.05, 0) is 6.07 Å². The average Bonchev–Trinajstić information content (AvgIpc) is 3.18. The molecule has 4 rings (SSSR count). The highest BCUT2D eigenvalue weighted by atomic mass is 16.6. The monoisotopic (exact) mass is 333 g/mol. The van der Waals surface area contributed by atoms with Crippen molar-refractivity contribution < 1.29 is 19.0 Å². The van der Waals surface area contributed by atoms with E-state index in [1.54, 1.807) is 42.2 Å². The standard InChI is InChI=1S/C15H19N5O4/c1-19-10-11(23-3)15(6-22-2,14(19)21)24-13(10)20-7-18-9-8(16)4-5-17-12(9)20/h4-5,7,10-11,13H,6H2,1-3H3,(H2,16,17)/t10-,11?,13+,15+/m0/s1. The summed E-state index contributed by atoms with van der Waals surface area (Å²) in [6.45, 7) is 0.115. The molecule has 2 aromatic heterocycles. The summed E-state index contributed by atoms with van der Waals surface area (Å²) in [6, 6.07) is 1.39. The van der Waals surface area contributed by atoms with Crippen molar-refractivity contribution in [1.29, 1.82) is 0 Å². The van der Waals surface area contributed by atoms with E-state index < -0.39 is 17.9 Å². The fraction of sp³-hybridized carbons (Fsp3) is 0.533. The molecule has 0 spiro atoms. The number of amides is 1. The molecular formula is C15H19N5O4. The first kappa shape index (κ1) is 15.3. The van der Waals surface area contributed by atoms with E-state index in [0.717, 1.165) is 0 Å². The topological polar surface area (TPSA) is 105 Å². The molecule has 0 radical (unpaired) electrons. The highest BCUT2D eigenvalue weighted by molar-refractivity contribution is 5.90. The van der Waals surface area contributed by atoms with Gasteiger partial charge in [0, 0.05) is 27.5 Å². The van der Waals surface area contributed by atoms with Crippen LogP contribution in [0.2, 0.25) is 0 Å². The minimum absolute atomic E-state index is 0.115. The van der Waals surface area contributed by atoms with Crippen LogP contribution in [0.4, 0.5) is 5.69 Å². The molecule has 2 aliphatic heterocycles. The number of aromatic nitrogens is 3. The van der Waals surface area contributed by atoms with Crippen LogP contribution in [0.25, 0.3) is 11.2 Å². The van der Waals surface area contributed by atoms with Gasteiger partial charge < -0.3 is 24.8 Å². The minimum Gasteiger partial charge on any atom is -0.397 e. The smallest absolute Gasteiger partial charge is 0.260 e. The van der Waals surface area contributed by atoms with E-state index in [0.29, 0.717) is 16.9 Å². The van der Waals surface area contributed by atoms with Gasteiger partial charge in [0.15, 0.2) is 17.5 Å². The molecule has 2 bridgehead atoms. The maximum Gasteiger partial charge on any atom is 0.260 e. The number of rotatable bonds is 4. The zero-order valence-corrected chi connectivity index (χ0v) is 13.7. The van der Waals surface area contributed by atoms with E-state index in [4.69, 9.17) is 19.9 Å². The Morgan fingerprint density at radius 3 is 2.92 bits per heavy atom. The van der Waals surface area contributed by atoms with E-state index in [2.05, 4.69) is 9.97 Å². The summed E-state index contributed by atoms with van der Waals surface area (Å²) in [4.78, 5) is 23.0. The number of carbonyl (C=O) groups excluding carboxylic acids is 1. The van der Waals surface area contributed by atoms with Crippen molar-refractivity contribution in [2.24, 2.45) is 0 Å². The lowest BCUT2D eigenvalue weighted by atomic mass is 9.99. The molecule has 1 unspecified atom stereocenters. The first-order valence-corrected chi connectivity index (χ1v) is 7.59. The van der Waals surface area contributed by atoms with Crippen molar-refractivity contribution in [3.63, 3.8) is 0 Å². The number of ether oxygens (including phenoxy) is 3. The third-order valence-electron chi connectivity index (χ3n) is 4.90. The quantitative estimate of drug-likeness (QED) is 0.825. The molecule has 2 fully saturated rings. The Hall–Kier alpha value is -2.23. The normalized spacial score (nSPS) is 32.2. The Bertz CT molecular complexity index is 808. The van der Waals surface area contributed by atoms with Gasteiger partial charge >= 0.3 is 0 Å². The molecule has 2 N–H and O–H groups in total. The number of methoxy groups -OCH3 is 2. The summed E-state index contributed by atoms with van der Waals surface area (Å²) >= 11 is 0. The molecule has 2 aliphatic rings. The Balaban J connectivity index is 1.83. The summed E-state index contributed by atoms with van der Waals surface area (Å²) in [7, 11) is 4.85. The van der Waals surface area contributed by atoms with Gasteiger partial charge in [-0.2, -0.15) is 0 Å². The van der Waals surface area contributed by atoms with Gasteiger partial charge in [-0.25, -0.2) is 9.97 Å². The molecule has 9 heteroatoms. The van der Waals surface area contributed by atoms with Crippen LogP contribution in [0.1, 0.15) is 6.23 Å². The molecule has 24 heavy (non-hydrogen) atoms. The lowest BCUT2D eigenvalue weighted by molar-refractivity contribution is -0.184. The Morgan fingerprint density at radius 1 is 1.42 bits per heavy atom.